The SMILES string of the molecule is Cc1noc(C)c1C(=O)NCc1c2c(nn1C)CCC2. The van der Waals surface area contributed by atoms with Crippen LogP contribution in [0.2, 0.25) is 0 Å². The molecule has 0 unspecified atom stereocenters. The van der Waals surface area contributed by atoms with Crippen LogP contribution in [0.3, 0.4) is 0 Å². The molecular weight excluding hydrogens is 256 g/mol. The van der Waals surface area contributed by atoms with Crippen LogP contribution in [0.25, 0.3) is 0 Å². The molecule has 6 heteroatoms. The Hall–Kier alpha value is -2.11. The van der Waals surface area contributed by atoms with E-state index in [4.69, 9.17) is 4.52 Å². The van der Waals surface area contributed by atoms with Crippen LogP contribution in [0.1, 0.15) is 45.2 Å². The summed E-state index contributed by atoms with van der Waals surface area (Å²) in [6.45, 7) is 4.01. The van der Waals surface area contributed by atoms with Gasteiger partial charge < -0.3 is 9.84 Å². The van der Waals surface area contributed by atoms with Gasteiger partial charge in [-0.3, -0.25) is 9.48 Å². The average molecular weight is 274 g/mol. The third-order valence-corrected chi connectivity index (χ3v) is 3.88. The quantitative estimate of drug-likeness (QED) is 0.919. The zero-order chi connectivity index (χ0) is 14.3. The van der Waals surface area contributed by atoms with Crippen molar-refractivity contribution in [2.45, 2.75) is 39.7 Å². The summed E-state index contributed by atoms with van der Waals surface area (Å²) in [5, 5.41) is 11.2. The maximum Gasteiger partial charge on any atom is 0.257 e. The number of nitrogens with zero attached hydrogens (tertiary/aromatic N) is 3. The second-order valence-corrected chi connectivity index (χ2v) is 5.23. The molecule has 6 nitrogen and oxygen atoms in total. The number of hydrogen-bond donors (Lipinski definition) is 1. The molecule has 0 aliphatic heterocycles. The monoisotopic (exact) mass is 274 g/mol. The molecule has 0 saturated heterocycles. The van der Waals surface area contributed by atoms with Crippen LogP contribution in [0.15, 0.2) is 4.52 Å². The number of aryl methyl sites for hydroxylation is 4. The Kier molecular flexibility index (Phi) is 3.08. The lowest BCUT2D eigenvalue weighted by Gasteiger charge is -2.07. The first-order valence-corrected chi connectivity index (χ1v) is 6.82. The number of aromatic nitrogens is 3. The van der Waals surface area contributed by atoms with E-state index in [0.29, 0.717) is 23.6 Å². The first-order chi connectivity index (χ1) is 9.58. The van der Waals surface area contributed by atoms with Crippen molar-refractivity contribution < 1.29 is 9.32 Å². The Morgan fingerprint density at radius 3 is 2.90 bits per heavy atom. The molecular formula is C14H18N4O2. The van der Waals surface area contributed by atoms with Gasteiger partial charge in [-0.05, 0) is 38.7 Å². The zero-order valence-corrected chi connectivity index (χ0v) is 12.0. The third kappa shape index (κ3) is 2.01. The Morgan fingerprint density at radius 1 is 1.40 bits per heavy atom. The van der Waals surface area contributed by atoms with Crippen molar-refractivity contribution in [3.63, 3.8) is 0 Å². The second kappa shape index (κ2) is 4.77. The largest absolute Gasteiger partial charge is 0.361 e. The van der Waals surface area contributed by atoms with Crippen molar-refractivity contribution >= 4 is 5.91 Å². The molecule has 20 heavy (non-hydrogen) atoms. The lowest BCUT2D eigenvalue weighted by molar-refractivity contribution is 0.0948. The van der Waals surface area contributed by atoms with E-state index in [2.05, 4.69) is 15.6 Å². The van der Waals surface area contributed by atoms with Gasteiger partial charge in [-0.2, -0.15) is 5.10 Å². The number of nitrogens with one attached hydrogen (secondary N) is 1. The minimum atomic E-state index is -0.144. The average Bonchev–Trinajstić information content (AvgIpc) is 3.03. The molecule has 0 spiro atoms. The summed E-state index contributed by atoms with van der Waals surface area (Å²) in [5.74, 6) is 0.407. The minimum Gasteiger partial charge on any atom is -0.361 e. The fraction of sp³-hybridized carbons (Fsp3) is 0.500. The number of amides is 1. The number of rotatable bonds is 3. The minimum absolute atomic E-state index is 0.144. The van der Waals surface area contributed by atoms with E-state index < -0.39 is 0 Å². The normalized spacial score (nSPS) is 13.6. The highest BCUT2D eigenvalue weighted by Gasteiger charge is 2.22. The summed E-state index contributed by atoms with van der Waals surface area (Å²) in [5.41, 5.74) is 4.72. The van der Waals surface area contributed by atoms with Gasteiger partial charge in [0.15, 0.2) is 0 Å². The van der Waals surface area contributed by atoms with Gasteiger partial charge in [0.2, 0.25) is 0 Å². The van der Waals surface area contributed by atoms with Crippen LogP contribution in [0, 0.1) is 13.8 Å². The van der Waals surface area contributed by atoms with Crippen LogP contribution in [0.4, 0.5) is 0 Å². The third-order valence-electron chi connectivity index (χ3n) is 3.88. The Bertz CT molecular complexity index is 650. The van der Waals surface area contributed by atoms with E-state index in [-0.39, 0.29) is 5.91 Å². The van der Waals surface area contributed by atoms with Crippen molar-refractivity contribution in [3.05, 3.63) is 34.0 Å². The maximum atomic E-state index is 12.2. The molecule has 0 saturated carbocycles. The number of fused-ring (bicyclic) bond motifs is 1. The fourth-order valence-electron chi connectivity index (χ4n) is 2.87. The molecule has 2 heterocycles. The molecule has 1 aliphatic carbocycles. The molecule has 0 bridgehead atoms. The lowest BCUT2D eigenvalue weighted by Crippen LogP contribution is -2.25. The number of hydrogen-bond acceptors (Lipinski definition) is 4. The van der Waals surface area contributed by atoms with E-state index in [1.807, 2.05) is 11.7 Å². The van der Waals surface area contributed by atoms with Gasteiger partial charge in [0.25, 0.3) is 5.91 Å². The van der Waals surface area contributed by atoms with Crippen LogP contribution in [0.5, 0.6) is 0 Å². The number of carbonyl (C=O) groups is 1. The molecule has 0 atom stereocenters. The van der Waals surface area contributed by atoms with Gasteiger partial charge in [-0.25, -0.2) is 0 Å². The zero-order valence-electron chi connectivity index (χ0n) is 12.0. The van der Waals surface area contributed by atoms with Gasteiger partial charge in [-0.15, -0.1) is 0 Å². The predicted molar refractivity (Wildman–Crippen MR) is 72.4 cm³/mol. The highest BCUT2D eigenvalue weighted by molar-refractivity contribution is 5.96. The first kappa shape index (κ1) is 12.9. The standard InChI is InChI=1S/C14H18N4O2/c1-8-13(9(2)20-17-8)14(19)15-7-12-10-5-4-6-11(10)16-18(12)3/h4-7H2,1-3H3,(H,15,19). The van der Waals surface area contributed by atoms with Crippen LogP contribution >= 0.6 is 0 Å². The molecule has 2 aromatic rings. The summed E-state index contributed by atoms with van der Waals surface area (Å²) in [7, 11) is 1.93. The molecule has 106 valence electrons. The van der Waals surface area contributed by atoms with Gasteiger partial charge in [0, 0.05) is 7.05 Å². The Balaban J connectivity index is 1.76. The number of carbonyl (C=O) groups excluding carboxylic acids is 1. The van der Waals surface area contributed by atoms with Crippen LogP contribution in [-0.4, -0.2) is 20.8 Å². The summed E-state index contributed by atoms with van der Waals surface area (Å²) in [6, 6.07) is 0. The molecule has 1 amide bonds. The summed E-state index contributed by atoms with van der Waals surface area (Å²) in [4.78, 5) is 12.2. The van der Waals surface area contributed by atoms with E-state index in [0.717, 1.165) is 25.0 Å². The Morgan fingerprint density at radius 2 is 2.20 bits per heavy atom. The van der Waals surface area contributed by atoms with E-state index in [1.54, 1.807) is 13.8 Å². The van der Waals surface area contributed by atoms with Gasteiger partial charge in [-0.1, -0.05) is 5.16 Å². The summed E-state index contributed by atoms with van der Waals surface area (Å²) >= 11 is 0. The van der Waals surface area contributed by atoms with Gasteiger partial charge in [0.05, 0.1) is 23.6 Å². The van der Waals surface area contributed by atoms with Gasteiger partial charge >= 0.3 is 0 Å². The van der Waals surface area contributed by atoms with Crippen molar-refractivity contribution in [2.24, 2.45) is 7.05 Å². The topological polar surface area (TPSA) is 73.0 Å². The fourth-order valence-corrected chi connectivity index (χ4v) is 2.87. The first-order valence-electron chi connectivity index (χ1n) is 6.82. The molecule has 0 fully saturated rings. The van der Waals surface area contributed by atoms with Crippen molar-refractivity contribution in [2.75, 3.05) is 0 Å². The molecule has 0 radical (unpaired) electrons. The van der Waals surface area contributed by atoms with Crippen LogP contribution in [-0.2, 0) is 26.4 Å². The van der Waals surface area contributed by atoms with E-state index in [9.17, 15) is 4.79 Å². The molecule has 1 N–H and O–H groups in total. The predicted octanol–water partition coefficient (Wildman–Crippen LogP) is 1.44. The molecule has 3 rings (SSSR count). The highest BCUT2D eigenvalue weighted by Crippen LogP contribution is 2.24. The van der Waals surface area contributed by atoms with E-state index >= 15 is 0 Å². The summed E-state index contributed by atoms with van der Waals surface area (Å²) in [6.07, 6.45) is 3.25. The maximum absolute atomic E-state index is 12.2. The summed E-state index contributed by atoms with van der Waals surface area (Å²) < 4.78 is 6.90. The lowest BCUT2D eigenvalue weighted by atomic mass is 10.1. The Labute approximate surface area is 117 Å². The van der Waals surface area contributed by atoms with Gasteiger partial charge in [0.1, 0.15) is 11.3 Å². The second-order valence-electron chi connectivity index (χ2n) is 5.23. The van der Waals surface area contributed by atoms with E-state index in [1.165, 1.54) is 11.3 Å². The smallest absolute Gasteiger partial charge is 0.257 e. The molecule has 0 aromatic carbocycles. The molecule has 2 aromatic heterocycles. The van der Waals surface area contributed by atoms with Crippen molar-refractivity contribution in [1.29, 1.82) is 0 Å². The van der Waals surface area contributed by atoms with Crippen molar-refractivity contribution in [3.8, 4) is 0 Å². The van der Waals surface area contributed by atoms with Crippen LogP contribution < -0.4 is 5.32 Å². The molecule has 1 aliphatic rings. The van der Waals surface area contributed by atoms with Crippen molar-refractivity contribution in [1.82, 2.24) is 20.3 Å². The highest BCUT2D eigenvalue weighted by atomic mass is 16.5.